The lowest BCUT2D eigenvalue weighted by Gasteiger charge is -2.09. The summed E-state index contributed by atoms with van der Waals surface area (Å²) in [4.78, 5) is 15.9. The van der Waals surface area contributed by atoms with Gasteiger partial charge in [0.25, 0.3) is 0 Å². The molecule has 1 aromatic carbocycles. The Labute approximate surface area is 135 Å². The van der Waals surface area contributed by atoms with Crippen LogP contribution in [0.2, 0.25) is 0 Å². The highest BCUT2D eigenvalue weighted by molar-refractivity contribution is 5.73. The highest BCUT2D eigenvalue weighted by Crippen LogP contribution is 2.10. The Morgan fingerprint density at radius 3 is 2.74 bits per heavy atom. The van der Waals surface area contributed by atoms with Gasteiger partial charge in [-0.15, -0.1) is 0 Å². The Kier molecular flexibility index (Phi) is 5.95. The zero-order chi connectivity index (χ0) is 16.5. The average Bonchev–Trinajstić information content (AvgIpc) is 2.58. The minimum atomic E-state index is -0.265. The molecule has 0 radical (unpaired) electrons. The number of rotatable bonds is 6. The molecular weight excluding hydrogens is 292 g/mol. The van der Waals surface area contributed by atoms with Crippen molar-refractivity contribution in [3.63, 3.8) is 0 Å². The Bertz CT molecular complexity index is 692. The minimum absolute atomic E-state index is 0.265. The van der Waals surface area contributed by atoms with E-state index >= 15 is 0 Å². The molecular formula is C17H18N4O2. The molecule has 118 valence electrons. The van der Waals surface area contributed by atoms with Gasteiger partial charge in [-0.2, -0.15) is 5.26 Å². The summed E-state index contributed by atoms with van der Waals surface area (Å²) in [6, 6.07) is 12.4. The van der Waals surface area contributed by atoms with Crippen LogP contribution in [0.25, 0.3) is 0 Å². The zero-order valence-corrected chi connectivity index (χ0v) is 12.9. The molecule has 2 amide bonds. The van der Waals surface area contributed by atoms with E-state index in [-0.39, 0.29) is 6.03 Å². The number of benzene rings is 1. The van der Waals surface area contributed by atoms with Crippen LogP contribution in [-0.2, 0) is 6.54 Å². The molecule has 0 fully saturated rings. The van der Waals surface area contributed by atoms with Gasteiger partial charge in [0.15, 0.2) is 0 Å². The molecule has 0 aliphatic carbocycles. The fourth-order valence-corrected chi connectivity index (χ4v) is 1.89. The highest BCUT2D eigenvalue weighted by Gasteiger charge is 2.03. The van der Waals surface area contributed by atoms with Crippen LogP contribution in [0.3, 0.4) is 0 Å². The van der Waals surface area contributed by atoms with E-state index in [1.54, 1.807) is 30.5 Å². The third kappa shape index (κ3) is 5.32. The van der Waals surface area contributed by atoms with Gasteiger partial charge >= 0.3 is 6.03 Å². The number of aryl methyl sites for hydroxylation is 1. The van der Waals surface area contributed by atoms with Crippen molar-refractivity contribution in [3.8, 4) is 11.8 Å². The lowest BCUT2D eigenvalue weighted by atomic mass is 10.2. The molecule has 0 saturated carbocycles. The molecule has 0 unspecified atom stereocenters. The summed E-state index contributed by atoms with van der Waals surface area (Å²) < 4.78 is 5.47. The van der Waals surface area contributed by atoms with Crippen LogP contribution in [0.5, 0.6) is 5.75 Å². The van der Waals surface area contributed by atoms with E-state index in [9.17, 15) is 4.79 Å². The van der Waals surface area contributed by atoms with E-state index < -0.39 is 0 Å². The van der Waals surface area contributed by atoms with Crippen molar-refractivity contribution in [1.29, 1.82) is 5.26 Å². The second kappa shape index (κ2) is 8.39. The molecule has 0 saturated heterocycles. The van der Waals surface area contributed by atoms with E-state index in [0.717, 1.165) is 11.3 Å². The van der Waals surface area contributed by atoms with Crippen molar-refractivity contribution < 1.29 is 9.53 Å². The average molecular weight is 310 g/mol. The van der Waals surface area contributed by atoms with Gasteiger partial charge in [0.1, 0.15) is 12.4 Å². The number of carbonyl (C=O) groups excluding carboxylic acids is 1. The Morgan fingerprint density at radius 1 is 1.26 bits per heavy atom. The lowest BCUT2D eigenvalue weighted by Crippen LogP contribution is -2.37. The largest absolute Gasteiger partial charge is 0.492 e. The highest BCUT2D eigenvalue weighted by atomic mass is 16.5. The number of nitriles is 1. The molecule has 0 aliphatic rings. The van der Waals surface area contributed by atoms with Crippen molar-refractivity contribution in [2.75, 3.05) is 13.2 Å². The number of nitrogens with one attached hydrogen (secondary N) is 2. The van der Waals surface area contributed by atoms with Crippen LogP contribution in [0, 0.1) is 18.3 Å². The van der Waals surface area contributed by atoms with Crippen molar-refractivity contribution >= 4 is 6.03 Å². The molecule has 2 rings (SSSR count). The minimum Gasteiger partial charge on any atom is -0.492 e. The second-order valence-electron chi connectivity index (χ2n) is 4.86. The fraction of sp³-hybridized carbons (Fsp3) is 0.235. The summed E-state index contributed by atoms with van der Waals surface area (Å²) in [5.74, 6) is 0.662. The van der Waals surface area contributed by atoms with E-state index in [0.29, 0.717) is 31.0 Å². The first-order valence-electron chi connectivity index (χ1n) is 7.24. The van der Waals surface area contributed by atoms with E-state index in [2.05, 4.69) is 15.6 Å². The van der Waals surface area contributed by atoms with E-state index in [1.165, 1.54) is 0 Å². The number of urea groups is 1. The van der Waals surface area contributed by atoms with Gasteiger partial charge in [0.05, 0.1) is 30.4 Å². The number of nitrogens with zero attached hydrogens (tertiary/aromatic N) is 2. The van der Waals surface area contributed by atoms with Crippen molar-refractivity contribution in [1.82, 2.24) is 15.6 Å². The van der Waals surface area contributed by atoms with E-state index in [4.69, 9.17) is 10.00 Å². The zero-order valence-electron chi connectivity index (χ0n) is 12.9. The molecule has 1 heterocycles. The second-order valence-corrected chi connectivity index (χ2v) is 4.86. The van der Waals surface area contributed by atoms with Gasteiger partial charge in [-0.05, 0) is 42.8 Å². The summed E-state index contributed by atoms with van der Waals surface area (Å²) in [6.45, 7) is 3.07. The lowest BCUT2D eigenvalue weighted by molar-refractivity contribution is 0.236. The summed E-state index contributed by atoms with van der Waals surface area (Å²) in [5, 5.41) is 14.2. The van der Waals surface area contributed by atoms with Crippen molar-refractivity contribution in [2.45, 2.75) is 13.5 Å². The molecule has 23 heavy (non-hydrogen) atoms. The van der Waals surface area contributed by atoms with E-state index in [1.807, 2.05) is 25.1 Å². The quantitative estimate of drug-likeness (QED) is 0.800. The molecule has 6 nitrogen and oxygen atoms in total. The van der Waals surface area contributed by atoms with Gasteiger partial charge in [-0.25, -0.2) is 4.79 Å². The molecule has 0 bridgehead atoms. The van der Waals surface area contributed by atoms with Crippen LogP contribution in [0.15, 0.2) is 42.6 Å². The first-order chi connectivity index (χ1) is 11.2. The SMILES string of the molecule is Cc1cccnc1CNC(=O)NCCOc1ccc(C#N)cc1. The van der Waals surface area contributed by atoms with Crippen LogP contribution in [0.1, 0.15) is 16.8 Å². The molecule has 0 aliphatic heterocycles. The normalized spacial score (nSPS) is 9.74. The van der Waals surface area contributed by atoms with Crippen LogP contribution >= 0.6 is 0 Å². The van der Waals surface area contributed by atoms with Gasteiger partial charge < -0.3 is 15.4 Å². The number of carbonyl (C=O) groups is 1. The van der Waals surface area contributed by atoms with Crippen molar-refractivity contribution in [2.24, 2.45) is 0 Å². The molecule has 2 N–H and O–H groups in total. The maximum atomic E-state index is 11.7. The van der Waals surface area contributed by atoms with Crippen LogP contribution in [0.4, 0.5) is 4.79 Å². The smallest absolute Gasteiger partial charge is 0.315 e. The maximum Gasteiger partial charge on any atom is 0.315 e. The summed E-state index contributed by atoms with van der Waals surface area (Å²) >= 11 is 0. The third-order valence-corrected chi connectivity index (χ3v) is 3.17. The van der Waals surface area contributed by atoms with Gasteiger partial charge in [0.2, 0.25) is 0 Å². The Morgan fingerprint density at radius 2 is 2.04 bits per heavy atom. The summed E-state index contributed by atoms with van der Waals surface area (Å²) in [5.41, 5.74) is 2.47. The number of pyridine rings is 1. The number of ether oxygens (including phenoxy) is 1. The first-order valence-corrected chi connectivity index (χ1v) is 7.24. The van der Waals surface area contributed by atoms with Crippen LogP contribution in [-0.4, -0.2) is 24.2 Å². The first kappa shape index (κ1) is 16.3. The number of aromatic nitrogens is 1. The molecule has 0 spiro atoms. The topological polar surface area (TPSA) is 87.0 Å². The monoisotopic (exact) mass is 310 g/mol. The van der Waals surface area contributed by atoms with Gasteiger partial charge in [0, 0.05) is 6.20 Å². The molecule has 0 atom stereocenters. The fourth-order valence-electron chi connectivity index (χ4n) is 1.89. The van der Waals surface area contributed by atoms with Gasteiger partial charge in [-0.1, -0.05) is 6.07 Å². The van der Waals surface area contributed by atoms with Crippen LogP contribution < -0.4 is 15.4 Å². The molecule has 2 aromatic rings. The third-order valence-electron chi connectivity index (χ3n) is 3.17. The standard InChI is InChI=1S/C17H18N4O2/c1-13-3-2-8-19-16(13)12-21-17(22)20-9-10-23-15-6-4-14(11-18)5-7-15/h2-8H,9-10,12H2,1H3,(H2,20,21,22). The van der Waals surface area contributed by atoms with Gasteiger partial charge in [-0.3, -0.25) is 4.98 Å². The van der Waals surface area contributed by atoms with Crippen molar-refractivity contribution in [3.05, 3.63) is 59.4 Å². The summed E-state index contributed by atoms with van der Waals surface area (Å²) in [6.07, 6.45) is 1.70. The Balaban J connectivity index is 1.65. The predicted octanol–water partition coefficient (Wildman–Crippen LogP) is 2.14. The number of hydrogen-bond acceptors (Lipinski definition) is 4. The molecule has 1 aromatic heterocycles. The summed E-state index contributed by atoms with van der Waals surface area (Å²) in [7, 11) is 0. The number of hydrogen-bond donors (Lipinski definition) is 2. The molecule has 6 heteroatoms. The predicted molar refractivity (Wildman–Crippen MR) is 85.9 cm³/mol. The maximum absolute atomic E-state index is 11.7. The number of amides is 2. The Hall–Kier alpha value is -3.07.